The average Bonchev–Trinajstić information content (AvgIpc) is 3.11. The zero-order valence-corrected chi connectivity index (χ0v) is 10.4. The van der Waals surface area contributed by atoms with Crippen molar-refractivity contribution in [2.45, 2.75) is 32.2 Å². The van der Waals surface area contributed by atoms with Gasteiger partial charge in [-0.2, -0.15) is 0 Å². The fourth-order valence-corrected chi connectivity index (χ4v) is 2.19. The van der Waals surface area contributed by atoms with Gasteiger partial charge in [0.1, 0.15) is 5.02 Å². The molecular formula is C12H15ClN2O2. The van der Waals surface area contributed by atoms with Crippen LogP contribution in [-0.4, -0.2) is 11.0 Å². The molecule has 1 aromatic rings. The van der Waals surface area contributed by atoms with Crippen LogP contribution in [0.5, 0.6) is 0 Å². The van der Waals surface area contributed by atoms with E-state index in [-0.39, 0.29) is 10.7 Å². The summed E-state index contributed by atoms with van der Waals surface area (Å²) in [6.07, 6.45) is 3.53. The number of nitrogens with one attached hydrogen (secondary N) is 1. The third-order valence-electron chi connectivity index (χ3n) is 3.13. The van der Waals surface area contributed by atoms with E-state index in [0.29, 0.717) is 6.04 Å². The second-order valence-electron chi connectivity index (χ2n) is 4.42. The van der Waals surface area contributed by atoms with E-state index in [1.807, 2.05) is 0 Å². The van der Waals surface area contributed by atoms with Crippen LogP contribution in [0.15, 0.2) is 18.2 Å². The molecule has 4 nitrogen and oxygen atoms in total. The number of benzene rings is 1. The number of nitro groups is 1. The maximum atomic E-state index is 10.8. The van der Waals surface area contributed by atoms with Crippen molar-refractivity contribution in [1.29, 1.82) is 0 Å². The minimum Gasteiger partial charge on any atom is -0.382 e. The predicted octanol–water partition coefficient (Wildman–Crippen LogP) is 3.85. The number of hydrogen-bond donors (Lipinski definition) is 1. The third kappa shape index (κ3) is 2.88. The lowest BCUT2D eigenvalue weighted by Gasteiger charge is -2.17. The van der Waals surface area contributed by atoms with Crippen LogP contribution in [-0.2, 0) is 0 Å². The monoisotopic (exact) mass is 254 g/mol. The summed E-state index contributed by atoms with van der Waals surface area (Å²) in [5, 5.41) is 14.3. The van der Waals surface area contributed by atoms with E-state index in [2.05, 4.69) is 12.2 Å². The van der Waals surface area contributed by atoms with E-state index in [1.165, 1.54) is 18.9 Å². The van der Waals surface area contributed by atoms with Crippen LogP contribution in [0.4, 0.5) is 11.4 Å². The SMILES string of the molecule is CCC(Nc1ccc(Cl)c([N+](=O)[O-])c1)C1CC1. The van der Waals surface area contributed by atoms with Gasteiger partial charge < -0.3 is 5.32 Å². The maximum Gasteiger partial charge on any atom is 0.289 e. The van der Waals surface area contributed by atoms with E-state index in [9.17, 15) is 10.1 Å². The Morgan fingerprint density at radius 2 is 2.29 bits per heavy atom. The summed E-state index contributed by atoms with van der Waals surface area (Å²) in [7, 11) is 0. The fourth-order valence-electron chi connectivity index (χ4n) is 2.01. The van der Waals surface area contributed by atoms with Gasteiger partial charge in [0, 0.05) is 17.8 Å². The van der Waals surface area contributed by atoms with Gasteiger partial charge in [-0.25, -0.2) is 0 Å². The molecule has 1 N–H and O–H groups in total. The van der Waals surface area contributed by atoms with Crippen molar-refractivity contribution in [3.05, 3.63) is 33.3 Å². The molecular weight excluding hydrogens is 240 g/mol. The summed E-state index contributed by atoms with van der Waals surface area (Å²) in [4.78, 5) is 10.3. The lowest BCUT2D eigenvalue weighted by atomic mass is 10.1. The van der Waals surface area contributed by atoms with Gasteiger partial charge in [-0.1, -0.05) is 18.5 Å². The van der Waals surface area contributed by atoms with Crippen LogP contribution < -0.4 is 5.32 Å². The molecule has 0 amide bonds. The van der Waals surface area contributed by atoms with Crippen molar-refractivity contribution in [3.8, 4) is 0 Å². The van der Waals surface area contributed by atoms with Gasteiger partial charge in [0.15, 0.2) is 0 Å². The van der Waals surface area contributed by atoms with Gasteiger partial charge in [0.2, 0.25) is 0 Å². The first-order valence-corrected chi connectivity index (χ1v) is 6.20. The molecule has 1 atom stereocenters. The molecule has 0 spiro atoms. The smallest absolute Gasteiger partial charge is 0.289 e. The molecule has 17 heavy (non-hydrogen) atoms. The first-order chi connectivity index (χ1) is 8.11. The van der Waals surface area contributed by atoms with Crippen LogP contribution in [0.1, 0.15) is 26.2 Å². The highest BCUT2D eigenvalue weighted by molar-refractivity contribution is 6.32. The van der Waals surface area contributed by atoms with Gasteiger partial charge in [-0.3, -0.25) is 10.1 Å². The number of nitro benzene ring substituents is 1. The Morgan fingerprint density at radius 3 is 2.82 bits per heavy atom. The zero-order valence-electron chi connectivity index (χ0n) is 9.65. The van der Waals surface area contributed by atoms with Gasteiger partial charge in [-0.05, 0) is 37.3 Å². The number of anilines is 1. The molecule has 1 unspecified atom stereocenters. The highest BCUT2D eigenvalue weighted by Gasteiger charge is 2.30. The summed E-state index contributed by atoms with van der Waals surface area (Å²) >= 11 is 5.77. The number of halogens is 1. The summed E-state index contributed by atoms with van der Waals surface area (Å²) < 4.78 is 0. The molecule has 0 heterocycles. The Kier molecular flexibility index (Phi) is 3.52. The van der Waals surface area contributed by atoms with Gasteiger partial charge in [0.05, 0.1) is 4.92 Å². The molecule has 5 heteroatoms. The molecule has 0 aromatic heterocycles. The minimum absolute atomic E-state index is 0.0395. The van der Waals surface area contributed by atoms with Crippen LogP contribution >= 0.6 is 11.6 Å². The fraction of sp³-hybridized carbons (Fsp3) is 0.500. The molecule has 0 aliphatic heterocycles. The second kappa shape index (κ2) is 4.92. The van der Waals surface area contributed by atoms with Crippen molar-refractivity contribution in [1.82, 2.24) is 0 Å². The lowest BCUT2D eigenvalue weighted by molar-refractivity contribution is -0.384. The molecule has 1 aromatic carbocycles. The van der Waals surface area contributed by atoms with E-state index >= 15 is 0 Å². The number of rotatable bonds is 5. The van der Waals surface area contributed by atoms with E-state index in [1.54, 1.807) is 12.1 Å². The third-order valence-corrected chi connectivity index (χ3v) is 3.45. The molecule has 1 aliphatic rings. The minimum atomic E-state index is -0.453. The Bertz CT molecular complexity index is 433. The van der Waals surface area contributed by atoms with Crippen molar-refractivity contribution >= 4 is 23.0 Å². The van der Waals surface area contributed by atoms with E-state index in [0.717, 1.165) is 18.0 Å². The normalized spacial score (nSPS) is 16.6. The largest absolute Gasteiger partial charge is 0.382 e. The lowest BCUT2D eigenvalue weighted by Crippen LogP contribution is -2.20. The zero-order chi connectivity index (χ0) is 12.4. The van der Waals surface area contributed by atoms with Crippen molar-refractivity contribution in [2.24, 2.45) is 5.92 Å². The molecule has 0 saturated heterocycles. The quantitative estimate of drug-likeness (QED) is 0.641. The first kappa shape index (κ1) is 12.2. The van der Waals surface area contributed by atoms with Crippen LogP contribution in [0, 0.1) is 16.0 Å². The first-order valence-electron chi connectivity index (χ1n) is 5.82. The predicted molar refractivity (Wildman–Crippen MR) is 68.5 cm³/mol. The van der Waals surface area contributed by atoms with Crippen LogP contribution in [0.2, 0.25) is 5.02 Å². The summed E-state index contributed by atoms with van der Waals surface area (Å²) in [6, 6.07) is 5.28. The molecule has 2 rings (SSSR count). The number of hydrogen-bond acceptors (Lipinski definition) is 3. The Balaban J connectivity index is 2.15. The Morgan fingerprint density at radius 1 is 1.59 bits per heavy atom. The Labute approximate surface area is 105 Å². The maximum absolute atomic E-state index is 10.8. The van der Waals surface area contributed by atoms with E-state index < -0.39 is 4.92 Å². The molecule has 1 aliphatic carbocycles. The van der Waals surface area contributed by atoms with Gasteiger partial charge in [-0.15, -0.1) is 0 Å². The summed E-state index contributed by atoms with van der Waals surface area (Å²) in [5.41, 5.74) is 0.738. The van der Waals surface area contributed by atoms with E-state index in [4.69, 9.17) is 11.6 Å². The molecule has 92 valence electrons. The van der Waals surface area contributed by atoms with Gasteiger partial charge >= 0.3 is 0 Å². The second-order valence-corrected chi connectivity index (χ2v) is 4.83. The molecule has 1 saturated carbocycles. The molecule has 1 fully saturated rings. The average molecular weight is 255 g/mol. The van der Waals surface area contributed by atoms with Crippen LogP contribution in [0.3, 0.4) is 0 Å². The van der Waals surface area contributed by atoms with Crippen molar-refractivity contribution in [2.75, 3.05) is 5.32 Å². The number of nitrogens with zero attached hydrogens (tertiary/aromatic N) is 1. The van der Waals surface area contributed by atoms with Crippen molar-refractivity contribution in [3.63, 3.8) is 0 Å². The Hall–Kier alpha value is -1.29. The standard InChI is InChI=1S/C12H15ClN2O2/c1-2-11(8-3-4-8)14-9-5-6-10(13)12(7-9)15(16)17/h5-8,11,14H,2-4H2,1H3. The topological polar surface area (TPSA) is 55.2 Å². The van der Waals surface area contributed by atoms with Crippen molar-refractivity contribution < 1.29 is 4.92 Å². The van der Waals surface area contributed by atoms with Crippen LogP contribution in [0.25, 0.3) is 0 Å². The molecule has 0 bridgehead atoms. The summed E-state index contributed by atoms with van der Waals surface area (Å²) in [5.74, 6) is 0.717. The summed E-state index contributed by atoms with van der Waals surface area (Å²) in [6.45, 7) is 2.13. The van der Waals surface area contributed by atoms with Gasteiger partial charge in [0.25, 0.3) is 5.69 Å². The molecule has 0 radical (unpaired) electrons. The highest BCUT2D eigenvalue weighted by atomic mass is 35.5. The highest BCUT2D eigenvalue weighted by Crippen LogP contribution is 2.36.